The molecule has 4 nitrogen and oxygen atoms in total. The summed E-state index contributed by atoms with van der Waals surface area (Å²) in [7, 11) is 0. The zero-order chi connectivity index (χ0) is 10.0. The van der Waals surface area contributed by atoms with Crippen molar-refractivity contribution in [2.75, 3.05) is 0 Å². The number of halogens is 1. The van der Waals surface area contributed by atoms with Gasteiger partial charge in [-0.25, -0.2) is 4.39 Å². The summed E-state index contributed by atoms with van der Waals surface area (Å²) in [4.78, 5) is 9.75. The summed E-state index contributed by atoms with van der Waals surface area (Å²) in [6.45, 7) is 1.57. The van der Waals surface area contributed by atoms with Crippen molar-refractivity contribution in [3.8, 4) is 0 Å². The highest BCUT2D eigenvalue weighted by atomic mass is 19.1. The fourth-order valence-corrected chi connectivity index (χ4v) is 0.994. The van der Waals surface area contributed by atoms with Crippen molar-refractivity contribution in [3.63, 3.8) is 0 Å². The van der Waals surface area contributed by atoms with Gasteiger partial charge in [0.2, 0.25) is 0 Å². The Kier molecular flexibility index (Phi) is 2.57. The summed E-state index contributed by atoms with van der Waals surface area (Å²) in [5, 5.41) is 10.3. The van der Waals surface area contributed by atoms with Crippen LogP contribution in [0.3, 0.4) is 0 Å². The average Bonchev–Trinajstić information content (AvgIpc) is 2.04. The van der Waals surface area contributed by atoms with Crippen molar-refractivity contribution in [1.82, 2.24) is 0 Å². The Morgan fingerprint density at radius 2 is 2.23 bits per heavy atom. The van der Waals surface area contributed by atoms with E-state index >= 15 is 0 Å². The van der Waals surface area contributed by atoms with E-state index in [2.05, 4.69) is 0 Å². The van der Waals surface area contributed by atoms with Crippen molar-refractivity contribution < 1.29 is 9.31 Å². The molecular formula is C8H9FN2O2. The van der Waals surface area contributed by atoms with E-state index in [1.807, 2.05) is 0 Å². The first-order valence-electron chi connectivity index (χ1n) is 3.72. The highest BCUT2D eigenvalue weighted by molar-refractivity contribution is 5.36. The number of nitrogens with zero attached hydrogens (tertiary/aromatic N) is 1. The number of non-ortho nitro benzene ring substituents is 1. The molecule has 1 atom stereocenters. The first-order chi connectivity index (χ1) is 6.02. The Labute approximate surface area is 74.3 Å². The minimum absolute atomic E-state index is 0.145. The summed E-state index contributed by atoms with van der Waals surface area (Å²) < 4.78 is 13.0. The predicted octanol–water partition coefficient (Wildman–Crippen LogP) is 1.75. The van der Waals surface area contributed by atoms with Crippen LogP contribution in [0.1, 0.15) is 18.5 Å². The van der Waals surface area contributed by atoms with Crippen molar-refractivity contribution in [2.24, 2.45) is 5.73 Å². The number of rotatable bonds is 2. The summed E-state index contributed by atoms with van der Waals surface area (Å²) in [6, 6.07) is 2.78. The second-order valence-corrected chi connectivity index (χ2v) is 2.75. The number of nitro groups is 1. The second-order valence-electron chi connectivity index (χ2n) is 2.75. The lowest BCUT2D eigenvalue weighted by Gasteiger charge is -2.05. The first-order valence-corrected chi connectivity index (χ1v) is 3.72. The smallest absolute Gasteiger partial charge is 0.269 e. The van der Waals surface area contributed by atoms with Crippen molar-refractivity contribution in [2.45, 2.75) is 13.0 Å². The van der Waals surface area contributed by atoms with Crippen LogP contribution in [0.2, 0.25) is 0 Å². The first kappa shape index (κ1) is 9.60. The van der Waals surface area contributed by atoms with Gasteiger partial charge in [0.25, 0.3) is 5.69 Å². The molecule has 1 aromatic rings. The number of hydrogen-bond donors (Lipinski definition) is 1. The highest BCUT2D eigenvalue weighted by Crippen LogP contribution is 2.20. The Morgan fingerprint density at radius 1 is 1.62 bits per heavy atom. The van der Waals surface area contributed by atoms with E-state index in [9.17, 15) is 14.5 Å². The number of nitrogens with two attached hydrogens (primary N) is 1. The third kappa shape index (κ3) is 2.00. The van der Waals surface area contributed by atoms with Crippen LogP contribution in [0.15, 0.2) is 18.2 Å². The zero-order valence-electron chi connectivity index (χ0n) is 7.03. The van der Waals surface area contributed by atoms with Gasteiger partial charge in [0.05, 0.1) is 4.92 Å². The van der Waals surface area contributed by atoms with E-state index in [1.54, 1.807) is 6.92 Å². The third-order valence-electron chi connectivity index (χ3n) is 1.68. The number of benzene rings is 1. The lowest BCUT2D eigenvalue weighted by atomic mass is 10.1. The predicted molar refractivity (Wildman–Crippen MR) is 45.7 cm³/mol. The van der Waals surface area contributed by atoms with E-state index in [-0.39, 0.29) is 11.3 Å². The molecule has 2 N–H and O–H groups in total. The second kappa shape index (κ2) is 3.49. The van der Waals surface area contributed by atoms with E-state index in [0.717, 1.165) is 18.2 Å². The van der Waals surface area contributed by atoms with Crippen LogP contribution in [0.4, 0.5) is 10.1 Å². The van der Waals surface area contributed by atoms with Gasteiger partial charge in [-0.15, -0.1) is 0 Å². The van der Waals surface area contributed by atoms with Gasteiger partial charge < -0.3 is 5.73 Å². The molecule has 0 aliphatic heterocycles. The highest BCUT2D eigenvalue weighted by Gasteiger charge is 2.12. The van der Waals surface area contributed by atoms with Crippen LogP contribution in [-0.2, 0) is 0 Å². The minimum Gasteiger partial charge on any atom is -0.324 e. The van der Waals surface area contributed by atoms with Gasteiger partial charge in [-0.3, -0.25) is 10.1 Å². The fraction of sp³-hybridized carbons (Fsp3) is 0.250. The molecule has 0 bridgehead atoms. The standard InChI is InChI=1S/C8H9FN2O2/c1-5(10)7-4-6(11(12)13)2-3-8(7)9/h2-5H,10H2,1H3/t5-/m1/s1. The van der Waals surface area contributed by atoms with E-state index in [4.69, 9.17) is 5.73 Å². The Hall–Kier alpha value is -1.49. The van der Waals surface area contributed by atoms with Gasteiger partial charge in [0, 0.05) is 23.7 Å². The van der Waals surface area contributed by atoms with Crippen LogP contribution in [0.25, 0.3) is 0 Å². The molecule has 0 saturated heterocycles. The molecule has 0 amide bonds. The molecule has 0 aromatic heterocycles. The molecule has 70 valence electrons. The SMILES string of the molecule is C[C@@H](N)c1cc([N+](=O)[O-])ccc1F. The summed E-state index contributed by atoms with van der Waals surface area (Å²) in [6.07, 6.45) is 0. The van der Waals surface area contributed by atoms with Crippen LogP contribution < -0.4 is 5.73 Å². The molecule has 5 heteroatoms. The third-order valence-corrected chi connectivity index (χ3v) is 1.68. The summed E-state index contributed by atoms with van der Waals surface area (Å²) in [5.74, 6) is -0.513. The quantitative estimate of drug-likeness (QED) is 0.562. The maximum atomic E-state index is 13.0. The van der Waals surface area contributed by atoms with Crippen LogP contribution in [0.5, 0.6) is 0 Å². The van der Waals surface area contributed by atoms with Crippen LogP contribution in [-0.4, -0.2) is 4.92 Å². The average molecular weight is 184 g/mol. The van der Waals surface area contributed by atoms with Crippen molar-refractivity contribution in [1.29, 1.82) is 0 Å². The monoisotopic (exact) mass is 184 g/mol. The minimum atomic E-state index is -0.578. The topological polar surface area (TPSA) is 69.2 Å². The molecule has 0 aliphatic rings. The molecular weight excluding hydrogens is 175 g/mol. The number of nitro benzene ring substituents is 1. The maximum Gasteiger partial charge on any atom is 0.269 e. The zero-order valence-corrected chi connectivity index (χ0v) is 7.03. The molecule has 13 heavy (non-hydrogen) atoms. The maximum absolute atomic E-state index is 13.0. The molecule has 0 unspecified atom stereocenters. The fourth-order valence-electron chi connectivity index (χ4n) is 0.994. The van der Waals surface area contributed by atoms with Crippen molar-refractivity contribution >= 4 is 5.69 Å². The normalized spacial score (nSPS) is 12.5. The molecule has 0 radical (unpaired) electrons. The summed E-state index contributed by atoms with van der Waals surface area (Å²) >= 11 is 0. The Balaban J connectivity index is 3.19. The van der Waals surface area contributed by atoms with E-state index in [0.29, 0.717) is 0 Å². The molecule has 1 rings (SSSR count). The lowest BCUT2D eigenvalue weighted by molar-refractivity contribution is -0.385. The van der Waals surface area contributed by atoms with Gasteiger partial charge >= 0.3 is 0 Å². The molecule has 0 fully saturated rings. The Bertz CT molecular complexity index is 339. The molecule has 0 aliphatic carbocycles. The van der Waals surface area contributed by atoms with Gasteiger partial charge in [-0.05, 0) is 13.0 Å². The molecule has 0 heterocycles. The molecule has 0 spiro atoms. The van der Waals surface area contributed by atoms with Gasteiger partial charge in [-0.1, -0.05) is 0 Å². The largest absolute Gasteiger partial charge is 0.324 e. The van der Waals surface area contributed by atoms with E-state index in [1.165, 1.54) is 0 Å². The Morgan fingerprint density at radius 3 is 2.69 bits per heavy atom. The van der Waals surface area contributed by atoms with Crippen LogP contribution in [0, 0.1) is 15.9 Å². The lowest BCUT2D eigenvalue weighted by Crippen LogP contribution is -2.07. The van der Waals surface area contributed by atoms with Crippen LogP contribution >= 0.6 is 0 Å². The van der Waals surface area contributed by atoms with Gasteiger partial charge in [0.1, 0.15) is 5.82 Å². The number of hydrogen-bond acceptors (Lipinski definition) is 3. The van der Waals surface area contributed by atoms with Gasteiger partial charge in [-0.2, -0.15) is 0 Å². The van der Waals surface area contributed by atoms with Crippen molar-refractivity contribution in [3.05, 3.63) is 39.7 Å². The summed E-state index contributed by atoms with van der Waals surface area (Å²) in [5.41, 5.74) is 5.44. The molecule has 0 saturated carbocycles. The van der Waals surface area contributed by atoms with Gasteiger partial charge in [0.15, 0.2) is 0 Å². The van der Waals surface area contributed by atoms with E-state index < -0.39 is 16.8 Å². The molecule has 1 aromatic carbocycles.